The first-order chi connectivity index (χ1) is 14.4. The van der Waals surface area contributed by atoms with Crippen molar-refractivity contribution in [2.75, 3.05) is 26.9 Å². The Balaban J connectivity index is 1.62. The van der Waals surface area contributed by atoms with Crippen molar-refractivity contribution in [2.24, 2.45) is 0 Å². The lowest BCUT2D eigenvalue weighted by molar-refractivity contribution is -0.121. The third-order valence-corrected chi connectivity index (χ3v) is 5.86. The minimum atomic E-state index is -0.0599. The van der Waals surface area contributed by atoms with E-state index < -0.39 is 0 Å². The molecule has 7 heteroatoms. The molecule has 3 rings (SSSR count). The van der Waals surface area contributed by atoms with Gasteiger partial charge < -0.3 is 14.2 Å². The van der Waals surface area contributed by atoms with Gasteiger partial charge in [-0.15, -0.1) is 0 Å². The lowest BCUT2D eigenvalue weighted by Crippen LogP contribution is -2.27. The molecule has 0 atom stereocenters. The van der Waals surface area contributed by atoms with Crippen LogP contribution in [0.5, 0.6) is 17.2 Å². The van der Waals surface area contributed by atoms with Crippen LogP contribution in [-0.2, 0) is 4.79 Å². The van der Waals surface area contributed by atoms with Crippen molar-refractivity contribution in [3.63, 3.8) is 0 Å². The number of hydrogen-bond donors (Lipinski definition) is 0. The van der Waals surface area contributed by atoms with Gasteiger partial charge in [-0.1, -0.05) is 36.1 Å². The van der Waals surface area contributed by atoms with E-state index in [0.717, 1.165) is 11.3 Å². The van der Waals surface area contributed by atoms with Gasteiger partial charge in [0.15, 0.2) is 11.5 Å². The highest BCUT2D eigenvalue weighted by atomic mass is 32.2. The topological polar surface area (TPSA) is 48.0 Å². The maximum absolute atomic E-state index is 12.4. The number of carbonyl (C=O) groups excluding carboxylic acids is 1. The standard InChI is InChI=1S/C23H25NO4S2/c1-5-24-22(25)21(30-23(24)29)14-17-6-7-19(20(13-17)26-4)28-9-8-27-18-11-15(2)10-16(3)12-18/h6-7,10-14H,5,8-9H2,1-4H3. The number of benzene rings is 2. The quantitative estimate of drug-likeness (QED) is 0.325. The van der Waals surface area contributed by atoms with Crippen LogP contribution in [0.25, 0.3) is 6.08 Å². The molecule has 30 heavy (non-hydrogen) atoms. The fourth-order valence-corrected chi connectivity index (χ4v) is 4.53. The van der Waals surface area contributed by atoms with Crippen LogP contribution in [0.4, 0.5) is 0 Å². The summed E-state index contributed by atoms with van der Waals surface area (Å²) in [6, 6.07) is 11.7. The summed E-state index contributed by atoms with van der Waals surface area (Å²) in [4.78, 5) is 14.6. The van der Waals surface area contributed by atoms with E-state index in [0.29, 0.717) is 40.5 Å². The van der Waals surface area contributed by atoms with Gasteiger partial charge in [-0.05, 0) is 67.8 Å². The Morgan fingerprint density at radius 3 is 2.37 bits per heavy atom. The lowest BCUT2D eigenvalue weighted by Gasteiger charge is -2.13. The first kappa shape index (κ1) is 22.2. The van der Waals surface area contributed by atoms with Crippen LogP contribution in [0, 0.1) is 13.8 Å². The Hall–Kier alpha value is -2.51. The number of methoxy groups -OCH3 is 1. The monoisotopic (exact) mass is 443 g/mol. The number of likely N-dealkylation sites (N-methyl/N-ethyl adjacent to an activating group) is 1. The molecule has 0 spiro atoms. The summed E-state index contributed by atoms with van der Waals surface area (Å²) >= 11 is 6.57. The van der Waals surface area contributed by atoms with Gasteiger partial charge in [0.1, 0.15) is 23.3 Å². The predicted octanol–water partition coefficient (Wildman–Crippen LogP) is 4.99. The summed E-state index contributed by atoms with van der Waals surface area (Å²) in [5.41, 5.74) is 3.18. The van der Waals surface area contributed by atoms with Crippen LogP contribution in [0.2, 0.25) is 0 Å². The molecule has 158 valence electrons. The van der Waals surface area contributed by atoms with Crippen molar-refractivity contribution in [2.45, 2.75) is 20.8 Å². The molecule has 0 bridgehead atoms. The number of carbonyl (C=O) groups is 1. The molecule has 5 nitrogen and oxygen atoms in total. The molecular formula is C23H25NO4S2. The Morgan fingerprint density at radius 2 is 1.73 bits per heavy atom. The van der Waals surface area contributed by atoms with Crippen molar-refractivity contribution in [3.8, 4) is 17.2 Å². The highest BCUT2D eigenvalue weighted by Gasteiger charge is 2.30. The van der Waals surface area contributed by atoms with Crippen LogP contribution in [0.1, 0.15) is 23.6 Å². The van der Waals surface area contributed by atoms with Gasteiger partial charge in [-0.3, -0.25) is 9.69 Å². The van der Waals surface area contributed by atoms with E-state index in [-0.39, 0.29) is 5.91 Å². The summed E-state index contributed by atoms with van der Waals surface area (Å²) < 4.78 is 17.7. The van der Waals surface area contributed by atoms with Gasteiger partial charge in [0.05, 0.1) is 12.0 Å². The zero-order valence-electron chi connectivity index (χ0n) is 17.6. The molecule has 1 amide bonds. The molecule has 1 fully saturated rings. The molecular weight excluding hydrogens is 418 g/mol. The normalized spacial score (nSPS) is 15.1. The van der Waals surface area contributed by atoms with Crippen LogP contribution in [0.15, 0.2) is 41.3 Å². The highest BCUT2D eigenvalue weighted by Crippen LogP contribution is 2.34. The Bertz CT molecular complexity index is 967. The number of thioether (sulfide) groups is 1. The lowest BCUT2D eigenvalue weighted by atomic mass is 10.1. The van der Waals surface area contributed by atoms with E-state index in [1.165, 1.54) is 22.9 Å². The van der Waals surface area contributed by atoms with Crippen molar-refractivity contribution >= 4 is 40.3 Å². The Morgan fingerprint density at radius 1 is 1.03 bits per heavy atom. The minimum absolute atomic E-state index is 0.0599. The number of ether oxygens (including phenoxy) is 3. The summed E-state index contributed by atoms with van der Waals surface area (Å²) in [7, 11) is 1.59. The maximum atomic E-state index is 12.4. The second-order valence-corrected chi connectivity index (χ2v) is 8.53. The van der Waals surface area contributed by atoms with Gasteiger partial charge >= 0.3 is 0 Å². The molecule has 2 aromatic rings. The number of rotatable bonds is 8. The average molecular weight is 444 g/mol. The number of hydrogen-bond acceptors (Lipinski definition) is 6. The largest absolute Gasteiger partial charge is 0.493 e. The molecule has 1 saturated heterocycles. The van der Waals surface area contributed by atoms with Crippen molar-refractivity contribution in [1.29, 1.82) is 0 Å². The van der Waals surface area contributed by atoms with Gasteiger partial charge in [-0.2, -0.15) is 0 Å². The van der Waals surface area contributed by atoms with Crippen LogP contribution < -0.4 is 14.2 Å². The number of amides is 1. The van der Waals surface area contributed by atoms with Gasteiger partial charge in [-0.25, -0.2) is 0 Å². The summed E-state index contributed by atoms with van der Waals surface area (Å²) in [5.74, 6) is 2.00. The van der Waals surface area contributed by atoms with Crippen LogP contribution in [0.3, 0.4) is 0 Å². The first-order valence-electron chi connectivity index (χ1n) is 9.68. The molecule has 1 heterocycles. The third-order valence-electron chi connectivity index (χ3n) is 4.48. The second-order valence-electron chi connectivity index (χ2n) is 6.86. The summed E-state index contributed by atoms with van der Waals surface area (Å²) in [6.07, 6.45) is 1.82. The van der Waals surface area contributed by atoms with Crippen LogP contribution >= 0.6 is 24.0 Å². The highest BCUT2D eigenvalue weighted by molar-refractivity contribution is 8.26. The van der Waals surface area contributed by atoms with Gasteiger partial charge in [0.2, 0.25) is 0 Å². The average Bonchev–Trinajstić information content (AvgIpc) is 2.97. The SMILES string of the molecule is CCN1C(=O)C(=Cc2ccc(OCCOc3cc(C)cc(C)c3)c(OC)c2)SC1=S. The maximum Gasteiger partial charge on any atom is 0.266 e. The molecule has 0 radical (unpaired) electrons. The Kier molecular flexibility index (Phi) is 7.39. The number of aryl methyl sites for hydroxylation is 2. The summed E-state index contributed by atoms with van der Waals surface area (Å²) in [6.45, 7) is 7.38. The molecule has 1 aliphatic rings. The molecule has 1 aliphatic heterocycles. The zero-order valence-corrected chi connectivity index (χ0v) is 19.2. The minimum Gasteiger partial charge on any atom is -0.493 e. The zero-order chi connectivity index (χ0) is 21.7. The van der Waals surface area contributed by atoms with Crippen molar-refractivity contribution in [3.05, 3.63) is 58.0 Å². The molecule has 0 aromatic heterocycles. The Labute approximate surface area is 187 Å². The van der Waals surface area contributed by atoms with E-state index in [2.05, 4.69) is 6.07 Å². The van der Waals surface area contributed by atoms with E-state index in [9.17, 15) is 4.79 Å². The van der Waals surface area contributed by atoms with Gasteiger partial charge in [0.25, 0.3) is 5.91 Å². The van der Waals surface area contributed by atoms with Crippen LogP contribution in [-0.4, -0.2) is 42.0 Å². The van der Waals surface area contributed by atoms with E-state index in [1.54, 1.807) is 12.0 Å². The molecule has 2 aromatic carbocycles. The fourth-order valence-electron chi connectivity index (χ4n) is 3.14. The smallest absolute Gasteiger partial charge is 0.266 e. The fraction of sp³-hybridized carbons (Fsp3) is 0.304. The number of thiocarbonyl (C=S) groups is 1. The molecule has 0 N–H and O–H groups in total. The van der Waals surface area contributed by atoms with E-state index >= 15 is 0 Å². The first-order valence-corrected chi connectivity index (χ1v) is 10.9. The van der Waals surface area contributed by atoms with E-state index in [1.807, 2.05) is 57.2 Å². The summed E-state index contributed by atoms with van der Waals surface area (Å²) in [5, 5.41) is 0. The molecule has 0 aliphatic carbocycles. The predicted molar refractivity (Wildman–Crippen MR) is 125 cm³/mol. The second kappa shape index (κ2) is 10.00. The number of nitrogens with zero attached hydrogens (tertiary/aromatic N) is 1. The molecule has 0 saturated carbocycles. The third kappa shape index (κ3) is 5.34. The van der Waals surface area contributed by atoms with E-state index in [4.69, 9.17) is 26.4 Å². The molecule has 0 unspecified atom stereocenters. The van der Waals surface area contributed by atoms with Crippen molar-refractivity contribution < 1.29 is 19.0 Å². The van der Waals surface area contributed by atoms with Gasteiger partial charge in [0, 0.05) is 6.54 Å². The van der Waals surface area contributed by atoms with Crippen molar-refractivity contribution in [1.82, 2.24) is 4.90 Å².